The summed E-state index contributed by atoms with van der Waals surface area (Å²) in [5.74, 6) is 0.476. The lowest BCUT2D eigenvalue weighted by molar-refractivity contribution is -0.128. The second-order valence-electron chi connectivity index (χ2n) is 4.67. The number of likely N-dealkylation sites (tertiary alicyclic amines) is 1. The SMILES string of the molecule is Cc1ccc(CN2CC(CN)CC2=O)c(Cl)c1. The van der Waals surface area contributed by atoms with Crippen LogP contribution in [-0.4, -0.2) is 23.9 Å². The highest BCUT2D eigenvalue weighted by atomic mass is 35.5. The van der Waals surface area contributed by atoms with Crippen LogP contribution < -0.4 is 5.73 Å². The molecule has 0 saturated carbocycles. The smallest absolute Gasteiger partial charge is 0.223 e. The topological polar surface area (TPSA) is 46.3 Å². The summed E-state index contributed by atoms with van der Waals surface area (Å²) in [5, 5.41) is 0.731. The Morgan fingerprint density at radius 3 is 2.88 bits per heavy atom. The summed E-state index contributed by atoms with van der Waals surface area (Å²) in [5.41, 5.74) is 7.73. The molecule has 0 aliphatic carbocycles. The molecule has 1 aromatic rings. The lowest BCUT2D eigenvalue weighted by Crippen LogP contribution is -2.25. The minimum Gasteiger partial charge on any atom is -0.338 e. The number of hydrogen-bond donors (Lipinski definition) is 1. The van der Waals surface area contributed by atoms with Crippen molar-refractivity contribution in [3.05, 3.63) is 34.3 Å². The number of benzene rings is 1. The van der Waals surface area contributed by atoms with Crippen LogP contribution in [0.5, 0.6) is 0 Å². The fourth-order valence-corrected chi connectivity index (χ4v) is 2.45. The number of hydrogen-bond acceptors (Lipinski definition) is 2. The molecule has 0 spiro atoms. The van der Waals surface area contributed by atoms with Gasteiger partial charge in [-0.2, -0.15) is 0 Å². The highest BCUT2D eigenvalue weighted by Crippen LogP contribution is 2.23. The average Bonchev–Trinajstić information content (AvgIpc) is 2.64. The molecule has 92 valence electrons. The van der Waals surface area contributed by atoms with Crippen molar-refractivity contribution in [3.8, 4) is 0 Å². The van der Waals surface area contributed by atoms with Gasteiger partial charge in [0, 0.05) is 24.5 Å². The largest absolute Gasteiger partial charge is 0.338 e. The van der Waals surface area contributed by atoms with E-state index >= 15 is 0 Å². The Kier molecular flexibility index (Phi) is 3.69. The quantitative estimate of drug-likeness (QED) is 0.894. The minimum absolute atomic E-state index is 0.178. The van der Waals surface area contributed by atoms with E-state index in [0.29, 0.717) is 25.4 Å². The summed E-state index contributed by atoms with van der Waals surface area (Å²) >= 11 is 6.16. The van der Waals surface area contributed by atoms with E-state index in [1.165, 1.54) is 0 Å². The number of aryl methyl sites for hydroxylation is 1. The summed E-state index contributed by atoms with van der Waals surface area (Å²) in [6.07, 6.45) is 0.569. The number of carbonyl (C=O) groups is 1. The van der Waals surface area contributed by atoms with E-state index in [0.717, 1.165) is 22.7 Å². The van der Waals surface area contributed by atoms with Crippen LogP contribution in [0.15, 0.2) is 18.2 Å². The van der Waals surface area contributed by atoms with Gasteiger partial charge in [0.1, 0.15) is 0 Å². The van der Waals surface area contributed by atoms with Crippen molar-refractivity contribution in [1.82, 2.24) is 4.90 Å². The Balaban J connectivity index is 2.08. The third kappa shape index (κ3) is 2.79. The Hall–Kier alpha value is -1.06. The normalized spacial score (nSPS) is 20.1. The second kappa shape index (κ2) is 5.07. The molecule has 1 aliphatic heterocycles. The molecule has 0 aromatic heterocycles. The van der Waals surface area contributed by atoms with E-state index in [1.54, 1.807) is 0 Å². The van der Waals surface area contributed by atoms with Crippen LogP contribution >= 0.6 is 11.6 Å². The fraction of sp³-hybridized carbons (Fsp3) is 0.462. The van der Waals surface area contributed by atoms with Crippen molar-refractivity contribution in [2.24, 2.45) is 11.7 Å². The molecule has 1 atom stereocenters. The summed E-state index contributed by atoms with van der Waals surface area (Å²) in [6, 6.07) is 5.93. The first-order valence-corrected chi connectivity index (χ1v) is 6.21. The molecule has 1 amide bonds. The van der Waals surface area contributed by atoms with Crippen LogP contribution in [0, 0.1) is 12.8 Å². The molecule has 1 unspecified atom stereocenters. The van der Waals surface area contributed by atoms with Crippen LogP contribution in [0.2, 0.25) is 5.02 Å². The Labute approximate surface area is 107 Å². The lowest BCUT2D eigenvalue weighted by Gasteiger charge is -2.17. The predicted molar refractivity (Wildman–Crippen MR) is 68.8 cm³/mol. The summed E-state index contributed by atoms with van der Waals surface area (Å²) in [6.45, 7) is 3.92. The molecule has 4 heteroatoms. The van der Waals surface area contributed by atoms with Crippen molar-refractivity contribution in [3.63, 3.8) is 0 Å². The van der Waals surface area contributed by atoms with Crippen LogP contribution in [0.1, 0.15) is 17.5 Å². The van der Waals surface area contributed by atoms with Gasteiger partial charge in [0.2, 0.25) is 5.91 Å². The Morgan fingerprint density at radius 2 is 2.29 bits per heavy atom. The molecule has 1 aliphatic rings. The summed E-state index contributed by atoms with van der Waals surface area (Å²) < 4.78 is 0. The van der Waals surface area contributed by atoms with Crippen LogP contribution in [-0.2, 0) is 11.3 Å². The molecule has 1 heterocycles. The minimum atomic E-state index is 0.178. The van der Waals surface area contributed by atoms with Gasteiger partial charge in [-0.05, 0) is 36.6 Å². The standard InChI is InChI=1S/C13H17ClN2O/c1-9-2-3-11(12(14)4-9)8-16-7-10(6-15)5-13(16)17/h2-4,10H,5-8,15H2,1H3. The first-order valence-electron chi connectivity index (χ1n) is 5.83. The van der Waals surface area contributed by atoms with Gasteiger partial charge < -0.3 is 10.6 Å². The van der Waals surface area contributed by atoms with Gasteiger partial charge in [0.05, 0.1) is 0 Å². The van der Waals surface area contributed by atoms with Gasteiger partial charge in [-0.3, -0.25) is 4.79 Å². The van der Waals surface area contributed by atoms with Crippen molar-refractivity contribution in [1.29, 1.82) is 0 Å². The molecule has 1 fully saturated rings. The van der Waals surface area contributed by atoms with Crippen LogP contribution in [0.3, 0.4) is 0 Å². The highest BCUT2D eigenvalue weighted by molar-refractivity contribution is 6.31. The van der Waals surface area contributed by atoms with Gasteiger partial charge in [0.25, 0.3) is 0 Å². The summed E-state index contributed by atoms with van der Waals surface area (Å²) in [4.78, 5) is 13.6. The highest BCUT2D eigenvalue weighted by Gasteiger charge is 2.28. The maximum Gasteiger partial charge on any atom is 0.223 e. The van der Waals surface area contributed by atoms with Gasteiger partial charge in [-0.25, -0.2) is 0 Å². The molecule has 2 N–H and O–H groups in total. The second-order valence-corrected chi connectivity index (χ2v) is 5.08. The zero-order chi connectivity index (χ0) is 12.4. The number of amides is 1. The van der Waals surface area contributed by atoms with Crippen molar-refractivity contribution < 1.29 is 4.79 Å². The molecule has 0 radical (unpaired) electrons. The molecule has 0 bridgehead atoms. The van der Waals surface area contributed by atoms with Crippen molar-refractivity contribution in [2.45, 2.75) is 19.9 Å². The van der Waals surface area contributed by atoms with E-state index in [-0.39, 0.29) is 5.91 Å². The number of rotatable bonds is 3. The average molecular weight is 253 g/mol. The van der Waals surface area contributed by atoms with Crippen LogP contribution in [0.4, 0.5) is 0 Å². The van der Waals surface area contributed by atoms with E-state index < -0.39 is 0 Å². The molecule has 1 saturated heterocycles. The first-order chi connectivity index (χ1) is 8.10. The van der Waals surface area contributed by atoms with E-state index in [9.17, 15) is 4.79 Å². The first kappa shape index (κ1) is 12.4. The number of halogens is 1. The summed E-state index contributed by atoms with van der Waals surface area (Å²) in [7, 11) is 0. The van der Waals surface area contributed by atoms with E-state index in [2.05, 4.69) is 0 Å². The van der Waals surface area contributed by atoms with Gasteiger partial charge in [-0.1, -0.05) is 23.7 Å². The predicted octanol–water partition coefficient (Wildman–Crippen LogP) is 1.96. The van der Waals surface area contributed by atoms with Crippen molar-refractivity contribution in [2.75, 3.05) is 13.1 Å². The number of nitrogens with zero attached hydrogens (tertiary/aromatic N) is 1. The zero-order valence-corrected chi connectivity index (χ0v) is 10.7. The van der Waals surface area contributed by atoms with Gasteiger partial charge in [-0.15, -0.1) is 0 Å². The third-order valence-corrected chi connectivity index (χ3v) is 3.55. The fourth-order valence-electron chi connectivity index (χ4n) is 2.15. The lowest BCUT2D eigenvalue weighted by atomic mass is 10.1. The number of carbonyl (C=O) groups excluding carboxylic acids is 1. The van der Waals surface area contributed by atoms with Crippen LogP contribution in [0.25, 0.3) is 0 Å². The molecule has 1 aromatic carbocycles. The maximum absolute atomic E-state index is 11.8. The number of nitrogens with two attached hydrogens (primary N) is 1. The molecule has 2 rings (SSSR count). The Morgan fingerprint density at radius 1 is 1.53 bits per heavy atom. The third-order valence-electron chi connectivity index (χ3n) is 3.20. The monoisotopic (exact) mass is 252 g/mol. The molecule has 3 nitrogen and oxygen atoms in total. The van der Waals surface area contributed by atoms with Gasteiger partial charge in [0.15, 0.2) is 0 Å². The van der Waals surface area contributed by atoms with E-state index in [4.69, 9.17) is 17.3 Å². The Bertz CT molecular complexity index is 433. The molecular formula is C13H17ClN2O. The van der Waals surface area contributed by atoms with Gasteiger partial charge >= 0.3 is 0 Å². The molecular weight excluding hydrogens is 236 g/mol. The van der Waals surface area contributed by atoms with E-state index in [1.807, 2.05) is 30.0 Å². The zero-order valence-electron chi connectivity index (χ0n) is 9.95. The maximum atomic E-state index is 11.8. The molecule has 17 heavy (non-hydrogen) atoms. The van der Waals surface area contributed by atoms with Crippen molar-refractivity contribution >= 4 is 17.5 Å².